The zero-order valence-electron chi connectivity index (χ0n) is 7.68. The van der Waals surface area contributed by atoms with E-state index in [0.717, 1.165) is 13.0 Å². The van der Waals surface area contributed by atoms with Gasteiger partial charge in [-0.25, -0.2) is 0 Å². The second kappa shape index (κ2) is 8.02. The van der Waals surface area contributed by atoms with Gasteiger partial charge in [0.05, 0.1) is 6.61 Å². The number of hydrogen-bond acceptors (Lipinski definition) is 2. The minimum Gasteiger partial charge on any atom is -0.396 e. The van der Waals surface area contributed by atoms with Crippen LogP contribution in [0.5, 0.6) is 0 Å². The summed E-state index contributed by atoms with van der Waals surface area (Å²) in [4.78, 5) is 0. The number of unbranched alkanes of at least 4 members (excludes halogenated alkanes) is 2. The lowest BCUT2D eigenvalue weighted by Crippen LogP contribution is -2.10. The van der Waals surface area contributed by atoms with Crippen molar-refractivity contribution < 1.29 is 9.84 Å². The average Bonchev–Trinajstić information content (AvgIpc) is 2.04. The van der Waals surface area contributed by atoms with Crippen LogP contribution in [0.4, 0.5) is 0 Å². The van der Waals surface area contributed by atoms with E-state index in [1.807, 2.05) is 6.92 Å². The molecule has 0 aromatic rings. The van der Waals surface area contributed by atoms with E-state index in [4.69, 9.17) is 9.84 Å². The van der Waals surface area contributed by atoms with E-state index in [2.05, 4.69) is 6.92 Å². The third kappa shape index (κ3) is 7.82. The molecule has 0 radical (unpaired) electrons. The van der Waals surface area contributed by atoms with Crippen molar-refractivity contribution in [2.75, 3.05) is 19.8 Å². The SMILES string of the molecule is CCCCCOCC(C)CO. The van der Waals surface area contributed by atoms with E-state index in [9.17, 15) is 0 Å². The van der Waals surface area contributed by atoms with Gasteiger partial charge in [-0.3, -0.25) is 0 Å². The van der Waals surface area contributed by atoms with Crippen LogP contribution in [0.15, 0.2) is 0 Å². The fourth-order valence-corrected chi connectivity index (χ4v) is 0.791. The molecule has 1 unspecified atom stereocenters. The van der Waals surface area contributed by atoms with Gasteiger partial charge in [0, 0.05) is 19.1 Å². The van der Waals surface area contributed by atoms with Crippen molar-refractivity contribution in [3.63, 3.8) is 0 Å². The van der Waals surface area contributed by atoms with Crippen molar-refractivity contribution in [1.82, 2.24) is 0 Å². The van der Waals surface area contributed by atoms with Gasteiger partial charge >= 0.3 is 0 Å². The van der Waals surface area contributed by atoms with Crippen LogP contribution in [0.2, 0.25) is 0 Å². The van der Waals surface area contributed by atoms with E-state index in [1.54, 1.807) is 0 Å². The maximum atomic E-state index is 8.66. The van der Waals surface area contributed by atoms with Crippen LogP contribution in [-0.4, -0.2) is 24.9 Å². The zero-order chi connectivity index (χ0) is 8.53. The molecule has 0 saturated heterocycles. The molecule has 2 heteroatoms. The molecule has 0 amide bonds. The van der Waals surface area contributed by atoms with Gasteiger partial charge in [-0.2, -0.15) is 0 Å². The van der Waals surface area contributed by atoms with E-state index in [-0.39, 0.29) is 12.5 Å². The van der Waals surface area contributed by atoms with Gasteiger partial charge in [-0.15, -0.1) is 0 Å². The first kappa shape index (κ1) is 10.9. The van der Waals surface area contributed by atoms with Crippen molar-refractivity contribution in [3.8, 4) is 0 Å². The van der Waals surface area contributed by atoms with Crippen molar-refractivity contribution in [2.24, 2.45) is 5.92 Å². The molecular formula is C9H20O2. The highest BCUT2D eigenvalue weighted by Crippen LogP contribution is 1.97. The summed E-state index contributed by atoms with van der Waals surface area (Å²) >= 11 is 0. The quantitative estimate of drug-likeness (QED) is 0.576. The second-order valence-corrected chi connectivity index (χ2v) is 3.07. The molecule has 0 aliphatic carbocycles. The molecule has 0 aromatic heterocycles. The highest BCUT2D eigenvalue weighted by molar-refractivity contribution is 4.46. The first-order valence-electron chi connectivity index (χ1n) is 4.49. The molecule has 0 bridgehead atoms. The topological polar surface area (TPSA) is 29.5 Å². The van der Waals surface area contributed by atoms with E-state index >= 15 is 0 Å². The summed E-state index contributed by atoms with van der Waals surface area (Å²) in [5.74, 6) is 0.289. The van der Waals surface area contributed by atoms with Crippen LogP contribution < -0.4 is 0 Å². The molecule has 0 rings (SSSR count). The van der Waals surface area contributed by atoms with Gasteiger partial charge in [0.2, 0.25) is 0 Å². The largest absolute Gasteiger partial charge is 0.396 e. The molecule has 0 heterocycles. The molecule has 68 valence electrons. The molecular weight excluding hydrogens is 140 g/mol. The van der Waals surface area contributed by atoms with Gasteiger partial charge in [0.15, 0.2) is 0 Å². The minimum absolute atomic E-state index is 0.230. The Labute approximate surface area is 69.6 Å². The third-order valence-electron chi connectivity index (χ3n) is 1.61. The molecule has 0 aliphatic rings. The molecule has 2 nitrogen and oxygen atoms in total. The lowest BCUT2D eigenvalue weighted by atomic mass is 10.2. The summed E-state index contributed by atoms with van der Waals surface area (Å²) in [5.41, 5.74) is 0. The summed E-state index contributed by atoms with van der Waals surface area (Å²) in [6.45, 7) is 5.93. The zero-order valence-corrected chi connectivity index (χ0v) is 7.68. The Morgan fingerprint density at radius 1 is 1.36 bits per heavy atom. The van der Waals surface area contributed by atoms with Crippen molar-refractivity contribution in [1.29, 1.82) is 0 Å². The van der Waals surface area contributed by atoms with E-state index in [1.165, 1.54) is 12.8 Å². The Balaban J connectivity index is 2.89. The minimum atomic E-state index is 0.230. The van der Waals surface area contributed by atoms with E-state index in [0.29, 0.717) is 6.61 Å². The number of aliphatic hydroxyl groups is 1. The summed E-state index contributed by atoms with van der Waals surface area (Å²) in [6.07, 6.45) is 3.63. The van der Waals surface area contributed by atoms with E-state index < -0.39 is 0 Å². The Hall–Kier alpha value is -0.0800. The summed E-state index contributed by atoms with van der Waals surface area (Å²) in [7, 11) is 0. The van der Waals surface area contributed by atoms with Gasteiger partial charge < -0.3 is 9.84 Å². The Morgan fingerprint density at radius 2 is 2.09 bits per heavy atom. The molecule has 11 heavy (non-hydrogen) atoms. The Bertz CT molecular complexity index is 74.0. The first-order valence-corrected chi connectivity index (χ1v) is 4.49. The standard InChI is InChI=1S/C9H20O2/c1-3-4-5-6-11-8-9(2)7-10/h9-10H,3-8H2,1-2H3. The molecule has 0 aromatic carbocycles. The number of rotatable bonds is 7. The van der Waals surface area contributed by atoms with Crippen molar-refractivity contribution in [2.45, 2.75) is 33.1 Å². The van der Waals surface area contributed by atoms with Gasteiger partial charge in [-0.1, -0.05) is 26.7 Å². The molecule has 1 N–H and O–H groups in total. The molecule has 0 spiro atoms. The number of hydrogen-bond donors (Lipinski definition) is 1. The van der Waals surface area contributed by atoms with Crippen LogP contribution >= 0.6 is 0 Å². The number of ether oxygens (including phenoxy) is 1. The Kier molecular flexibility index (Phi) is 7.96. The normalized spacial score (nSPS) is 13.4. The van der Waals surface area contributed by atoms with Crippen LogP contribution in [0.1, 0.15) is 33.1 Å². The van der Waals surface area contributed by atoms with Crippen molar-refractivity contribution >= 4 is 0 Å². The molecule has 0 fully saturated rings. The summed E-state index contributed by atoms with van der Waals surface area (Å²) in [5, 5.41) is 8.66. The van der Waals surface area contributed by atoms with Gasteiger partial charge in [0.1, 0.15) is 0 Å². The lowest BCUT2D eigenvalue weighted by Gasteiger charge is -2.07. The fraction of sp³-hybridized carbons (Fsp3) is 1.00. The second-order valence-electron chi connectivity index (χ2n) is 3.07. The number of aliphatic hydroxyl groups excluding tert-OH is 1. The van der Waals surface area contributed by atoms with Gasteiger partial charge in [0.25, 0.3) is 0 Å². The highest BCUT2D eigenvalue weighted by Gasteiger charge is 1.98. The molecule has 1 atom stereocenters. The fourth-order valence-electron chi connectivity index (χ4n) is 0.791. The molecule has 0 saturated carbocycles. The van der Waals surface area contributed by atoms with Crippen LogP contribution in [0.3, 0.4) is 0 Å². The first-order chi connectivity index (χ1) is 5.31. The smallest absolute Gasteiger partial charge is 0.0513 e. The summed E-state index contributed by atoms with van der Waals surface area (Å²) in [6, 6.07) is 0. The van der Waals surface area contributed by atoms with Gasteiger partial charge in [-0.05, 0) is 6.42 Å². The Morgan fingerprint density at radius 3 is 2.64 bits per heavy atom. The van der Waals surface area contributed by atoms with Crippen LogP contribution in [-0.2, 0) is 4.74 Å². The molecule has 0 aliphatic heterocycles. The monoisotopic (exact) mass is 160 g/mol. The predicted molar refractivity (Wildman–Crippen MR) is 46.6 cm³/mol. The predicted octanol–water partition coefficient (Wildman–Crippen LogP) is 1.82. The third-order valence-corrected chi connectivity index (χ3v) is 1.61. The maximum Gasteiger partial charge on any atom is 0.0513 e. The van der Waals surface area contributed by atoms with Crippen LogP contribution in [0, 0.1) is 5.92 Å². The average molecular weight is 160 g/mol. The lowest BCUT2D eigenvalue weighted by molar-refractivity contribution is 0.0777. The highest BCUT2D eigenvalue weighted by atomic mass is 16.5. The summed E-state index contributed by atoms with van der Waals surface area (Å²) < 4.78 is 5.33. The van der Waals surface area contributed by atoms with Crippen molar-refractivity contribution in [3.05, 3.63) is 0 Å². The maximum absolute atomic E-state index is 8.66. The van der Waals surface area contributed by atoms with Crippen LogP contribution in [0.25, 0.3) is 0 Å².